The van der Waals surface area contributed by atoms with Gasteiger partial charge >= 0.3 is 12.2 Å². The number of ether oxygens (including phenoxy) is 2. The van der Waals surface area contributed by atoms with E-state index < -0.39 is 30.9 Å². The van der Waals surface area contributed by atoms with E-state index in [0.717, 1.165) is 65.1 Å². The van der Waals surface area contributed by atoms with Crippen molar-refractivity contribution in [2.24, 2.45) is 11.8 Å². The maximum Gasteiger partial charge on any atom is 0.407 e. The third-order valence-electron chi connectivity index (χ3n) is 10.8. The van der Waals surface area contributed by atoms with E-state index >= 15 is 0 Å². The van der Waals surface area contributed by atoms with E-state index in [1.54, 1.807) is 17.3 Å². The zero-order chi connectivity index (χ0) is 41.3. The van der Waals surface area contributed by atoms with Crippen molar-refractivity contribution in [1.82, 2.24) is 40.4 Å². The number of carbonyl (C=O) groups is 4. The van der Waals surface area contributed by atoms with E-state index in [-0.39, 0.29) is 42.3 Å². The molecule has 2 saturated heterocycles. The fourth-order valence-electron chi connectivity index (χ4n) is 7.67. The number of hydrogen-bond donors (Lipinski definition) is 4. The summed E-state index contributed by atoms with van der Waals surface area (Å²) in [5.41, 5.74) is 5.67. The molecule has 0 unspecified atom stereocenters. The number of rotatable bonds is 15. The molecule has 4 aromatic rings. The number of nitrogens with zero attached hydrogens (tertiary/aromatic N) is 4. The van der Waals surface area contributed by atoms with Crippen LogP contribution in [-0.2, 0) is 19.1 Å². The van der Waals surface area contributed by atoms with Gasteiger partial charge in [-0.3, -0.25) is 9.59 Å². The van der Waals surface area contributed by atoms with Crippen LogP contribution >= 0.6 is 0 Å². The van der Waals surface area contributed by atoms with Crippen molar-refractivity contribution < 1.29 is 33.0 Å². The van der Waals surface area contributed by atoms with Gasteiger partial charge in [0, 0.05) is 13.1 Å². The summed E-state index contributed by atoms with van der Waals surface area (Å²) >= 11 is 0. The fourth-order valence-corrected chi connectivity index (χ4v) is 7.67. The Bertz CT molecular complexity index is 1870. The average Bonchev–Trinajstić information content (AvgIpc) is 4.07. The second kappa shape index (κ2) is 19.1. The molecule has 2 aromatic heterocycles. The highest BCUT2D eigenvalue weighted by atomic mass is 19.1. The number of hydrogen-bond acceptors (Lipinski definition) is 8. The quantitative estimate of drug-likeness (QED) is 0.0967. The van der Waals surface area contributed by atoms with Crippen LogP contribution in [-0.4, -0.2) is 98.8 Å². The first kappa shape index (κ1) is 41.9. The molecule has 6 rings (SSSR count). The van der Waals surface area contributed by atoms with Crippen LogP contribution in [0.5, 0.6) is 0 Å². The molecule has 58 heavy (non-hydrogen) atoms. The highest BCUT2D eigenvalue weighted by molar-refractivity contribution is 5.87. The van der Waals surface area contributed by atoms with Crippen LogP contribution in [0.25, 0.3) is 33.6 Å². The van der Waals surface area contributed by atoms with Crippen molar-refractivity contribution >= 4 is 24.0 Å². The Morgan fingerprint density at radius 2 is 1.09 bits per heavy atom. The molecule has 4 heterocycles. The summed E-state index contributed by atoms with van der Waals surface area (Å²) < 4.78 is 22.5. The Morgan fingerprint density at radius 1 is 0.690 bits per heavy atom. The van der Waals surface area contributed by atoms with Crippen LogP contribution in [0.1, 0.15) is 90.5 Å². The molecular weight excluding hydrogens is 744 g/mol. The first-order valence-corrected chi connectivity index (χ1v) is 20.3. The molecule has 310 valence electrons. The Labute approximate surface area is 338 Å². The maximum atomic E-state index is 13.7. The summed E-state index contributed by atoms with van der Waals surface area (Å²) in [6.07, 6.45) is 6.04. The first-order valence-electron chi connectivity index (χ1n) is 20.3. The fraction of sp³-hybridized carbons (Fsp3) is 0.488. The Morgan fingerprint density at radius 3 is 1.47 bits per heavy atom. The molecule has 14 nitrogen and oxygen atoms in total. The number of nitrogens with one attached hydrogen (secondary N) is 4. The van der Waals surface area contributed by atoms with Crippen LogP contribution in [0.4, 0.5) is 14.0 Å². The minimum absolute atomic E-state index is 0.112. The number of alkyl carbamates (subject to hydrolysis) is 2. The summed E-state index contributed by atoms with van der Waals surface area (Å²) in [6.45, 7) is 9.70. The van der Waals surface area contributed by atoms with Crippen molar-refractivity contribution in [3.63, 3.8) is 0 Å². The van der Waals surface area contributed by atoms with Gasteiger partial charge in [0.2, 0.25) is 11.8 Å². The molecular formula is C43H55FN8O6. The Hall–Kier alpha value is -5.73. The summed E-state index contributed by atoms with van der Waals surface area (Å²) in [6, 6.07) is 14.4. The molecule has 0 bridgehead atoms. The zero-order valence-corrected chi connectivity index (χ0v) is 33.9. The molecule has 2 aliphatic rings. The molecule has 0 spiro atoms. The number of halogens is 1. The number of likely N-dealkylation sites (tertiary alicyclic amines) is 2. The molecule has 4 amide bonds. The van der Waals surface area contributed by atoms with Gasteiger partial charge in [-0.05, 0) is 66.2 Å². The second-order valence-corrected chi connectivity index (χ2v) is 15.6. The number of benzene rings is 2. The van der Waals surface area contributed by atoms with E-state index in [4.69, 9.17) is 9.47 Å². The second-order valence-electron chi connectivity index (χ2n) is 15.6. The molecule has 0 saturated carbocycles. The van der Waals surface area contributed by atoms with E-state index in [0.29, 0.717) is 31.9 Å². The van der Waals surface area contributed by atoms with Crippen molar-refractivity contribution in [2.75, 3.05) is 33.0 Å². The van der Waals surface area contributed by atoms with Crippen molar-refractivity contribution in [1.29, 1.82) is 0 Å². The van der Waals surface area contributed by atoms with Gasteiger partial charge in [0.15, 0.2) is 0 Å². The van der Waals surface area contributed by atoms with Gasteiger partial charge in [0.05, 0.1) is 42.5 Å². The van der Waals surface area contributed by atoms with Gasteiger partial charge in [0.25, 0.3) is 0 Å². The normalized spacial score (nSPS) is 17.7. The van der Waals surface area contributed by atoms with E-state index in [9.17, 15) is 23.6 Å². The van der Waals surface area contributed by atoms with Gasteiger partial charge in [-0.1, -0.05) is 83.1 Å². The Kier molecular flexibility index (Phi) is 13.8. The van der Waals surface area contributed by atoms with Crippen LogP contribution in [0.2, 0.25) is 0 Å². The zero-order valence-electron chi connectivity index (χ0n) is 33.9. The van der Waals surface area contributed by atoms with Crippen LogP contribution in [0, 0.1) is 11.8 Å². The lowest BCUT2D eigenvalue weighted by molar-refractivity contribution is -0.136. The largest absolute Gasteiger partial charge is 0.450 e. The van der Waals surface area contributed by atoms with Gasteiger partial charge in [0.1, 0.15) is 37.0 Å². The minimum atomic E-state index is -0.812. The van der Waals surface area contributed by atoms with Crippen molar-refractivity contribution in [2.45, 2.75) is 90.9 Å². The standard InChI is InChI=1S/C43H55FN8O6/c1-6-22-57-42(55)49-36(26(2)3)40(53)51-20-7-9-34(51)38-45-24-32(47-38)30-15-11-28(12-16-30)29-13-17-31(18-14-29)33-25-46-39(48-33)35-10-8-21-52(35)41(54)37(27(4)5)50-43(56)58-23-19-44/h11-18,24-27,34-37H,6-10,19-23H2,1-5H3,(H,45,47)(H,46,48)(H,49,55)(H,50,56)/t34-,35-,36-,37-/m0/s1. The summed E-state index contributed by atoms with van der Waals surface area (Å²) in [4.78, 5) is 71.6. The number of amides is 4. The third kappa shape index (κ3) is 9.68. The molecule has 2 aliphatic heterocycles. The molecule has 0 radical (unpaired) electrons. The van der Waals surface area contributed by atoms with Gasteiger partial charge in [-0.2, -0.15) is 0 Å². The molecule has 2 fully saturated rings. The van der Waals surface area contributed by atoms with Crippen molar-refractivity contribution in [3.8, 4) is 33.6 Å². The SMILES string of the molecule is CCCOC(=O)N[C@H](C(=O)N1CCC[C@H]1c1ncc(-c2ccc(-c3ccc(-c4cnc([C@@H]5CCCN5C(=O)[C@@H](NC(=O)OCCF)C(C)C)[nH]4)cc3)cc2)[nH]1)C(C)C. The summed E-state index contributed by atoms with van der Waals surface area (Å²) in [5, 5.41) is 5.38. The Balaban J connectivity index is 1.09. The van der Waals surface area contributed by atoms with E-state index in [1.165, 1.54) is 0 Å². The topological polar surface area (TPSA) is 175 Å². The molecule has 4 atom stereocenters. The van der Waals surface area contributed by atoms with Crippen LogP contribution in [0.3, 0.4) is 0 Å². The molecule has 4 N–H and O–H groups in total. The number of imidazole rings is 2. The first-order chi connectivity index (χ1) is 28.0. The van der Waals surface area contributed by atoms with Crippen LogP contribution < -0.4 is 10.6 Å². The number of aromatic amines is 2. The molecule has 0 aliphatic carbocycles. The molecule has 15 heteroatoms. The van der Waals surface area contributed by atoms with Gasteiger partial charge in [-0.25, -0.2) is 23.9 Å². The van der Waals surface area contributed by atoms with E-state index in [1.807, 2.05) is 63.8 Å². The number of alkyl halides is 1. The number of aromatic nitrogens is 4. The predicted octanol–water partition coefficient (Wildman–Crippen LogP) is 7.34. The lowest BCUT2D eigenvalue weighted by Gasteiger charge is -2.30. The lowest BCUT2D eigenvalue weighted by atomic mass is 10.0. The average molecular weight is 799 g/mol. The van der Waals surface area contributed by atoms with E-state index in [2.05, 4.69) is 54.8 Å². The minimum Gasteiger partial charge on any atom is -0.450 e. The van der Waals surface area contributed by atoms with Crippen molar-refractivity contribution in [3.05, 3.63) is 72.6 Å². The highest BCUT2D eigenvalue weighted by Gasteiger charge is 2.39. The predicted molar refractivity (Wildman–Crippen MR) is 217 cm³/mol. The molecule has 2 aromatic carbocycles. The third-order valence-corrected chi connectivity index (χ3v) is 10.8. The van der Waals surface area contributed by atoms with Crippen LogP contribution in [0.15, 0.2) is 60.9 Å². The summed E-state index contributed by atoms with van der Waals surface area (Å²) in [7, 11) is 0. The highest BCUT2D eigenvalue weighted by Crippen LogP contribution is 2.35. The van der Waals surface area contributed by atoms with Gasteiger partial charge < -0.3 is 39.9 Å². The number of H-pyrrole nitrogens is 2. The maximum absolute atomic E-state index is 13.7. The number of carbonyl (C=O) groups excluding carboxylic acids is 4. The monoisotopic (exact) mass is 798 g/mol. The lowest BCUT2D eigenvalue weighted by Crippen LogP contribution is -2.51. The summed E-state index contributed by atoms with van der Waals surface area (Å²) in [5.74, 6) is 0.729. The smallest absolute Gasteiger partial charge is 0.407 e. The van der Waals surface area contributed by atoms with Gasteiger partial charge in [-0.15, -0.1) is 0 Å².